The Morgan fingerprint density at radius 1 is 1.00 bits per heavy atom. The Bertz CT molecular complexity index is 618. The SMILES string of the molecule is CCCCNCC(=O)NC(C)(Cc1ccccc1)c1ccccc1.Cl. The summed E-state index contributed by atoms with van der Waals surface area (Å²) < 4.78 is 0. The Morgan fingerprint density at radius 2 is 1.60 bits per heavy atom. The van der Waals surface area contributed by atoms with Crippen LogP contribution in [0.2, 0.25) is 0 Å². The van der Waals surface area contributed by atoms with Crippen molar-refractivity contribution in [3.63, 3.8) is 0 Å². The molecule has 0 aromatic heterocycles. The van der Waals surface area contributed by atoms with Gasteiger partial charge in [0.15, 0.2) is 0 Å². The molecule has 1 unspecified atom stereocenters. The number of unbranched alkanes of at least 4 members (excludes halogenated alkanes) is 1. The molecule has 1 amide bonds. The quantitative estimate of drug-likeness (QED) is 0.662. The van der Waals surface area contributed by atoms with Crippen molar-refractivity contribution in [2.75, 3.05) is 13.1 Å². The van der Waals surface area contributed by atoms with Gasteiger partial charge in [-0.1, -0.05) is 74.0 Å². The summed E-state index contributed by atoms with van der Waals surface area (Å²) in [5.74, 6) is 0.0355. The smallest absolute Gasteiger partial charge is 0.234 e. The van der Waals surface area contributed by atoms with Gasteiger partial charge in [0.2, 0.25) is 5.91 Å². The highest BCUT2D eigenvalue weighted by Gasteiger charge is 2.28. The first-order valence-electron chi connectivity index (χ1n) is 8.75. The fourth-order valence-electron chi connectivity index (χ4n) is 2.88. The Morgan fingerprint density at radius 3 is 2.20 bits per heavy atom. The van der Waals surface area contributed by atoms with Gasteiger partial charge in [0.05, 0.1) is 12.1 Å². The number of rotatable bonds is 9. The normalized spacial score (nSPS) is 12.7. The molecule has 2 rings (SSSR count). The van der Waals surface area contributed by atoms with E-state index in [2.05, 4.69) is 48.7 Å². The minimum Gasteiger partial charge on any atom is -0.345 e. The van der Waals surface area contributed by atoms with E-state index < -0.39 is 5.54 Å². The number of nitrogens with one attached hydrogen (secondary N) is 2. The molecule has 2 aromatic carbocycles. The van der Waals surface area contributed by atoms with Gasteiger partial charge in [-0.3, -0.25) is 4.79 Å². The first kappa shape index (κ1) is 21.2. The molecule has 3 nitrogen and oxygen atoms in total. The van der Waals surface area contributed by atoms with Crippen molar-refractivity contribution in [1.82, 2.24) is 10.6 Å². The van der Waals surface area contributed by atoms with Crippen LogP contribution < -0.4 is 10.6 Å². The van der Waals surface area contributed by atoms with Gasteiger partial charge >= 0.3 is 0 Å². The molecular weight excluding hydrogens is 332 g/mol. The zero-order valence-corrected chi connectivity index (χ0v) is 15.9. The minimum atomic E-state index is -0.424. The molecule has 0 radical (unpaired) electrons. The van der Waals surface area contributed by atoms with Gasteiger partial charge in [-0.15, -0.1) is 12.4 Å². The number of benzene rings is 2. The zero-order chi connectivity index (χ0) is 17.3. The van der Waals surface area contributed by atoms with Crippen LogP contribution >= 0.6 is 12.4 Å². The van der Waals surface area contributed by atoms with Crippen LogP contribution in [0.15, 0.2) is 60.7 Å². The molecule has 0 bridgehead atoms. The van der Waals surface area contributed by atoms with E-state index in [1.807, 2.05) is 36.4 Å². The number of hydrogen-bond acceptors (Lipinski definition) is 2. The van der Waals surface area contributed by atoms with Crippen molar-refractivity contribution in [3.8, 4) is 0 Å². The standard InChI is InChI=1S/C21H28N2O.ClH/c1-3-4-15-22-17-20(24)23-21(2,19-13-9-6-10-14-19)16-18-11-7-5-8-12-18;/h5-14,22H,3-4,15-17H2,1-2H3,(H,23,24);1H. The highest BCUT2D eigenvalue weighted by molar-refractivity contribution is 5.85. The summed E-state index contributed by atoms with van der Waals surface area (Å²) in [6.45, 7) is 5.48. The summed E-state index contributed by atoms with van der Waals surface area (Å²) >= 11 is 0. The molecular formula is C21H29ClN2O. The summed E-state index contributed by atoms with van der Waals surface area (Å²) in [7, 11) is 0. The molecule has 0 fully saturated rings. The lowest BCUT2D eigenvalue weighted by Gasteiger charge is -2.32. The third-order valence-corrected chi connectivity index (χ3v) is 4.22. The number of halogens is 1. The second-order valence-corrected chi connectivity index (χ2v) is 6.44. The van der Waals surface area contributed by atoms with Crippen LogP contribution in [0, 0.1) is 0 Å². The van der Waals surface area contributed by atoms with Crippen LogP contribution in [0.4, 0.5) is 0 Å². The van der Waals surface area contributed by atoms with Crippen LogP contribution in [0.1, 0.15) is 37.8 Å². The van der Waals surface area contributed by atoms with Crippen molar-refractivity contribution in [2.24, 2.45) is 0 Å². The Balaban J connectivity index is 0.00000312. The first-order chi connectivity index (χ1) is 11.6. The van der Waals surface area contributed by atoms with E-state index in [4.69, 9.17) is 0 Å². The second-order valence-electron chi connectivity index (χ2n) is 6.44. The van der Waals surface area contributed by atoms with Crippen LogP contribution in [0.3, 0.4) is 0 Å². The van der Waals surface area contributed by atoms with Crippen LogP contribution in [0.25, 0.3) is 0 Å². The van der Waals surface area contributed by atoms with Crippen molar-refractivity contribution in [2.45, 2.75) is 38.6 Å². The highest BCUT2D eigenvalue weighted by Crippen LogP contribution is 2.25. The predicted molar refractivity (Wildman–Crippen MR) is 107 cm³/mol. The molecule has 1 atom stereocenters. The Hall–Kier alpha value is -1.84. The van der Waals surface area contributed by atoms with Gasteiger partial charge in [0, 0.05) is 0 Å². The van der Waals surface area contributed by atoms with Gasteiger partial charge in [0.1, 0.15) is 0 Å². The summed E-state index contributed by atoms with van der Waals surface area (Å²) in [6.07, 6.45) is 2.98. The fourth-order valence-corrected chi connectivity index (χ4v) is 2.88. The van der Waals surface area contributed by atoms with Crippen LogP contribution in [-0.4, -0.2) is 19.0 Å². The molecule has 2 aromatic rings. The van der Waals surface area contributed by atoms with E-state index in [-0.39, 0.29) is 18.3 Å². The van der Waals surface area contributed by atoms with Gasteiger partial charge in [0.25, 0.3) is 0 Å². The molecule has 0 aliphatic heterocycles. The molecule has 0 saturated heterocycles. The molecule has 4 heteroatoms. The first-order valence-corrected chi connectivity index (χ1v) is 8.75. The van der Waals surface area contributed by atoms with Crippen LogP contribution in [0.5, 0.6) is 0 Å². The van der Waals surface area contributed by atoms with E-state index >= 15 is 0 Å². The molecule has 0 aliphatic carbocycles. The summed E-state index contributed by atoms with van der Waals surface area (Å²) in [4.78, 5) is 12.4. The van der Waals surface area contributed by atoms with Crippen molar-refractivity contribution < 1.29 is 4.79 Å². The van der Waals surface area contributed by atoms with E-state index in [0.717, 1.165) is 31.4 Å². The van der Waals surface area contributed by atoms with Crippen molar-refractivity contribution in [3.05, 3.63) is 71.8 Å². The van der Waals surface area contributed by atoms with E-state index in [1.165, 1.54) is 5.56 Å². The molecule has 0 aliphatic rings. The van der Waals surface area contributed by atoms with Gasteiger partial charge in [-0.25, -0.2) is 0 Å². The van der Waals surface area contributed by atoms with Crippen molar-refractivity contribution in [1.29, 1.82) is 0 Å². The second kappa shape index (κ2) is 10.9. The maximum Gasteiger partial charge on any atom is 0.234 e. The predicted octanol–water partition coefficient (Wildman–Crippen LogP) is 4.07. The fraction of sp³-hybridized carbons (Fsp3) is 0.381. The maximum absolute atomic E-state index is 12.4. The summed E-state index contributed by atoms with van der Waals surface area (Å²) in [6, 6.07) is 20.5. The van der Waals surface area contributed by atoms with E-state index in [0.29, 0.717) is 6.54 Å². The van der Waals surface area contributed by atoms with Gasteiger partial charge in [-0.05, 0) is 37.4 Å². The number of carbonyl (C=O) groups is 1. The number of amides is 1. The monoisotopic (exact) mass is 360 g/mol. The van der Waals surface area contributed by atoms with E-state index in [1.54, 1.807) is 0 Å². The van der Waals surface area contributed by atoms with Gasteiger partial charge in [-0.2, -0.15) is 0 Å². The minimum absolute atomic E-state index is 0. The lowest BCUT2D eigenvalue weighted by Crippen LogP contribution is -2.48. The lowest BCUT2D eigenvalue weighted by molar-refractivity contribution is -0.122. The molecule has 0 spiro atoms. The maximum atomic E-state index is 12.4. The average molecular weight is 361 g/mol. The highest BCUT2D eigenvalue weighted by atomic mass is 35.5. The van der Waals surface area contributed by atoms with Crippen molar-refractivity contribution >= 4 is 18.3 Å². The number of carbonyl (C=O) groups excluding carboxylic acids is 1. The average Bonchev–Trinajstić information content (AvgIpc) is 2.60. The number of hydrogen-bond donors (Lipinski definition) is 2. The molecule has 136 valence electrons. The molecule has 2 N–H and O–H groups in total. The van der Waals surface area contributed by atoms with E-state index in [9.17, 15) is 4.79 Å². The zero-order valence-electron chi connectivity index (χ0n) is 15.1. The topological polar surface area (TPSA) is 41.1 Å². The largest absolute Gasteiger partial charge is 0.345 e. The third kappa shape index (κ3) is 6.89. The lowest BCUT2D eigenvalue weighted by atomic mass is 9.85. The third-order valence-electron chi connectivity index (χ3n) is 4.22. The Labute approximate surface area is 157 Å². The van der Waals surface area contributed by atoms with Gasteiger partial charge < -0.3 is 10.6 Å². The summed E-state index contributed by atoms with van der Waals surface area (Å²) in [5, 5.41) is 6.45. The molecule has 0 saturated carbocycles. The Kier molecular flexibility index (Phi) is 9.25. The molecule has 0 heterocycles. The molecule has 25 heavy (non-hydrogen) atoms. The van der Waals surface area contributed by atoms with Crippen LogP contribution in [-0.2, 0) is 16.8 Å². The summed E-state index contributed by atoms with van der Waals surface area (Å²) in [5.41, 5.74) is 1.91.